The minimum absolute atomic E-state index is 0.412. The van der Waals surface area contributed by atoms with Gasteiger partial charge in [0.1, 0.15) is 0 Å². The zero-order valence-corrected chi connectivity index (χ0v) is 9.41. The number of aromatic nitrogens is 2. The lowest BCUT2D eigenvalue weighted by molar-refractivity contribution is 0.694. The first-order valence-corrected chi connectivity index (χ1v) is 5.04. The highest BCUT2D eigenvalue weighted by atomic mass is 15.0. The molecule has 1 rings (SSSR count). The van der Waals surface area contributed by atoms with Crippen molar-refractivity contribution in [2.75, 3.05) is 7.05 Å². The lowest BCUT2D eigenvalue weighted by Gasteiger charge is -2.10. The molecule has 3 nitrogen and oxygen atoms in total. The SMILES string of the molecule is CCn1cncc1/C=C(/C)C(C)NC. The Morgan fingerprint density at radius 2 is 2.43 bits per heavy atom. The molecule has 0 aliphatic rings. The zero-order chi connectivity index (χ0) is 10.6. The van der Waals surface area contributed by atoms with Gasteiger partial charge in [-0.1, -0.05) is 5.57 Å². The molecule has 0 spiro atoms. The van der Waals surface area contributed by atoms with Crippen molar-refractivity contribution in [3.8, 4) is 0 Å². The predicted molar refractivity (Wildman–Crippen MR) is 60.1 cm³/mol. The highest BCUT2D eigenvalue weighted by Crippen LogP contribution is 2.09. The van der Waals surface area contributed by atoms with Gasteiger partial charge in [-0.3, -0.25) is 0 Å². The van der Waals surface area contributed by atoms with Crippen LogP contribution < -0.4 is 5.32 Å². The fraction of sp³-hybridized carbons (Fsp3) is 0.545. The van der Waals surface area contributed by atoms with Crippen molar-refractivity contribution in [1.82, 2.24) is 14.9 Å². The summed E-state index contributed by atoms with van der Waals surface area (Å²) >= 11 is 0. The summed E-state index contributed by atoms with van der Waals surface area (Å²) in [6.07, 6.45) is 5.94. The van der Waals surface area contributed by atoms with Crippen LogP contribution in [0.15, 0.2) is 18.1 Å². The van der Waals surface area contributed by atoms with Crippen LogP contribution in [0, 0.1) is 0 Å². The van der Waals surface area contributed by atoms with Crippen molar-refractivity contribution < 1.29 is 0 Å². The van der Waals surface area contributed by atoms with Gasteiger partial charge in [0.2, 0.25) is 0 Å². The molecule has 0 fully saturated rings. The molecule has 0 saturated heterocycles. The van der Waals surface area contributed by atoms with Crippen LogP contribution >= 0.6 is 0 Å². The summed E-state index contributed by atoms with van der Waals surface area (Å²) in [4.78, 5) is 4.13. The molecule has 1 heterocycles. The first-order chi connectivity index (χ1) is 6.69. The molecular formula is C11H19N3. The number of likely N-dealkylation sites (N-methyl/N-ethyl adjacent to an activating group) is 1. The predicted octanol–water partition coefficient (Wildman–Crippen LogP) is 1.91. The van der Waals surface area contributed by atoms with Gasteiger partial charge in [0, 0.05) is 12.6 Å². The molecule has 0 saturated carbocycles. The van der Waals surface area contributed by atoms with E-state index in [0.717, 1.165) is 6.54 Å². The van der Waals surface area contributed by atoms with E-state index in [0.29, 0.717) is 6.04 Å². The Balaban J connectivity index is 2.85. The van der Waals surface area contributed by atoms with E-state index in [9.17, 15) is 0 Å². The second-order valence-electron chi connectivity index (χ2n) is 3.50. The van der Waals surface area contributed by atoms with Crippen molar-refractivity contribution >= 4 is 6.08 Å². The third kappa shape index (κ3) is 2.45. The number of nitrogens with zero attached hydrogens (tertiary/aromatic N) is 2. The van der Waals surface area contributed by atoms with Gasteiger partial charge in [-0.05, 0) is 33.9 Å². The number of rotatable bonds is 4. The van der Waals surface area contributed by atoms with Gasteiger partial charge in [0.05, 0.1) is 18.2 Å². The molecule has 0 aliphatic carbocycles. The fourth-order valence-electron chi connectivity index (χ4n) is 1.30. The lowest BCUT2D eigenvalue weighted by Crippen LogP contribution is -2.22. The van der Waals surface area contributed by atoms with Crippen LogP contribution in [-0.2, 0) is 6.54 Å². The van der Waals surface area contributed by atoms with Crippen LogP contribution in [-0.4, -0.2) is 22.6 Å². The summed E-state index contributed by atoms with van der Waals surface area (Å²) in [6, 6.07) is 0.412. The van der Waals surface area contributed by atoms with Gasteiger partial charge in [0.15, 0.2) is 0 Å². The molecule has 0 amide bonds. The second kappa shape index (κ2) is 4.96. The fourth-order valence-corrected chi connectivity index (χ4v) is 1.30. The molecular weight excluding hydrogens is 174 g/mol. The standard InChI is InChI=1S/C11H19N3/c1-5-14-8-13-7-11(14)6-9(2)10(3)12-4/h6-8,10,12H,5H2,1-4H3/b9-6-. The van der Waals surface area contributed by atoms with E-state index >= 15 is 0 Å². The number of imidazole rings is 1. The Morgan fingerprint density at radius 1 is 1.71 bits per heavy atom. The van der Waals surface area contributed by atoms with E-state index in [-0.39, 0.29) is 0 Å². The summed E-state index contributed by atoms with van der Waals surface area (Å²) in [6.45, 7) is 7.37. The van der Waals surface area contributed by atoms with E-state index < -0.39 is 0 Å². The number of nitrogens with one attached hydrogen (secondary N) is 1. The third-order valence-corrected chi connectivity index (χ3v) is 2.58. The maximum Gasteiger partial charge on any atom is 0.0950 e. The normalized spacial score (nSPS) is 14.4. The molecule has 0 aromatic carbocycles. The molecule has 78 valence electrons. The highest BCUT2D eigenvalue weighted by molar-refractivity contribution is 5.49. The number of hydrogen-bond acceptors (Lipinski definition) is 2. The molecule has 1 aromatic heterocycles. The van der Waals surface area contributed by atoms with Gasteiger partial charge in [-0.25, -0.2) is 4.98 Å². The third-order valence-electron chi connectivity index (χ3n) is 2.58. The Kier molecular flexibility index (Phi) is 3.89. The molecule has 14 heavy (non-hydrogen) atoms. The summed E-state index contributed by atoms with van der Waals surface area (Å²) in [5.41, 5.74) is 2.50. The Morgan fingerprint density at radius 3 is 3.00 bits per heavy atom. The minimum Gasteiger partial charge on any atom is -0.331 e. The molecule has 1 atom stereocenters. The van der Waals surface area contributed by atoms with Gasteiger partial charge < -0.3 is 9.88 Å². The smallest absolute Gasteiger partial charge is 0.0950 e. The molecule has 3 heteroatoms. The van der Waals surface area contributed by atoms with Gasteiger partial charge in [-0.2, -0.15) is 0 Å². The molecule has 0 radical (unpaired) electrons. The van der Waals surface area contributed by atoms with E-state index in [4.69, 9.17) is 0 Å². The van der Waals surface area contributed by atoms with E-state index in [1.807, 2.05) is 19.6 Å². The van der Waals surface area contributed by atoms with E-state index in [1.165, 1.54) is 11.3 Å². The highest BCUT2D eigenvalue weighted by Gasteiger charge is 2.02. The topological polar surface area (TPSA) is 29.9 Å². The molecule has 0 aliphatic heterocycles. The Bertz CT molecular complexity index is 312. The average Bonchev–Trinajstić information content (AvgIpc) is 2.63. The number of hydrogen-bond donors (Lipinski definition) is 1. The largest absolute Gasteiger partial charge is 0.331 e. The van der Waals surface area contributed by atoms with Crippen LogP contribution in [0.1, 0.15) is 26.5 Å². The van der Waals surface area contributed by atoms with Crippen LogP contribution in [0.25, 0.3) is 6.08 Å². The van der Waals surface area contributed by atoms with Crippen molar-refractivity contribution in [2.24, 2.45) is 0 Å². The zero-order valence-electron chi connectivity index (χ0n) is 9.41. The summed E-state index contributed by atoms with van der Waals surface area (Å²) in [7, 11) is 1.97. The maximum absolute atomic E-state index is 4.13. The van der Waals surface area contributed by atoms with Crippen LogP contribution in [0.5, 0.6) is 0 Å². The monoisotopic (exact) mass is 193 g/mol. The van der Waals surface area contributed by atoms with Gasteiger partial charge in [-0.15, -0.1) is 0 Å². The summed E-state index contributed by atoms with van der Waals surface area (Å²) in [5, 5.41) is 3.22. The summed E-state index contributed by atoms with van der Waals surface area (Å²) < 4.78 is 2.13. The maximum atomic E-state index is 4.13. The molecule has 1 unspecified atom stereocenters. The molecule has 0 bridgehead atoms. The van der Waals surface area contributed by atoms with E-state index in [2.05, 4.69) is 41.7 Å². The number of aryl methyl sites for hydroxylation is 1. The molecule has 1 aromatic rings. The van der Waals surface area contributed by atoms with Crippen LogP contribution in [0.2, 0.25) is 0 Å². The quantitative estimate of drug-likeness (QED) is 0.791. The summed E-state index contributed by atoms with van der Waals surface area (Å²) in [5.74, 6) is 0. The van der Waals surface area contributed by atoms with Crippen molar-refractivity contribution in [1.29, 1.82) is 0 Å². The lowest BCUT2D eigenvalue weighted by atomic mass is 10.1. The Labute approximate surface area is 85.8 Å². The first-order valence-electron chi connectivity index (χ1n) is 5.04. The Hall–Kier alpha value is -1.09. The average molecular weight is 193 g/mol. The van der Waals surface area contributed by atoms with Crippen LogP contribution in [0.4, 0.5) is 0 Å². The van der Waals surface area contributed by atoms with Gasteiger partial charge >= 0.3 is 0 Å². The van der Waals surface area contributed by atoms with Gasteiger partial charge in [0.25, 0.3) is 0 Å². The molecule has 1 N–H and O–H groups in total. The minimum atomic E-state index is 0.412. The van der Waals surface area contributed by atoms with Crippen LogP contribution in [0.3, 0.4) is 0 Å². The first kappa shape index (κ1) is 11.0. The van der Waals surface area contributed by atoms with Crippen molar-refractivity contribution in [3.63, 3.8) is 0 Å². The van der Waals surface area contributed by atoms with E-state index in [1.54, 1.807) is 0 Å². The second-order valence-corrected chi connectivity index (χ2v) is 3.50. The van der Waals surface area contributed by atoms with Crippen molar-refractivity contribution in [2.45, 2.75) is 33.4 Å². The van der Waals surface area contributed by atoms with Crippen molar-refractivity contribution in [3.05, 3.63) is 23.8 Å².